The molecule has 1 aliphatic rings. The van der Waals surface area contributed by atoms with Crippen molar-refractivity contribution >= 4 is 23.4 Å². The van der Waals surface area contributed by atoms with E-state index in [9.17, 15) is 10.1 Å². The average Bonchev–Trinajstić information content (AvgIpc) is 3.47. The quantitative estimate of drug-likeness (QED) is 0.257. The van der Waals surface area contributed by atoms with Gasteiger partial charge in [0.2, 0.25) is 18.4 Å². The van der Waals surface area contributed by atoms with Gasteiger partial charge in [-0.15, -0.1) is 0 Å². The van der Waals surface area contributed by atoms with Gasteiger partial charge in [-0.1, -0.05) is 42.1 Å². The standard InChI is InChI=1S/C30H25N3O6S/c1-35-26-11-19(12-27(36-2)29(26)37-3)21-14-23(18-7-5-4-6-8-18)33-30(22(21)15-31)40-16-28(34)32-20-9-10-24-25(13-20)39-17-38-24/h4-14H,16-17H2,1-3H3,(H,32,34). The van der Waals surface area contributed by atoms with Crippen molar-refractivity contribution in [3.05, 3.63) is 72.3 Å². The van der Waals surface area contributed by atoms with E-state index in [0.717, 1.165) is 5.56 Å². The smallest absolute Gasteiger partial charge is 0.234 e. The van der Waals surface area contributed by atoms with Crippen molar-refractivity contribution in [1.29, 1.82) is 5.26 Å². The molecule has 0 saturated carbocycles. The molecule has 1 N–H and O–H groups in total. The number of aromatic nitrogens is 1. The number of fused-ring (bicyclic) bond motifs is 1. The Morgan fingerprint density at radius 3 is 2.35 bits per heavy atom. The van der Waals surface area contributed by atoms with E-state index in [-0.39, 0.29) is 18.5 Å². The Balaban J connectivity index is 1.51. The summed E-state index contributed by atoms with van der Waals surface area (Å²) in [6, 6.07) is 22.5. The molecule has 1 amide bonds. The summed E-state index contributed by atoms with van der Waals surface area (Å²) in [6.45, 7) is 0.150. The second-order valence-corrected chi connectivity index (χ2v) is 9.50. The number of hydrogen-bond donors (Lipinski definition) is 1. The Morgan fingerprint density at radius 1 is 0.950 bits per heavy atom. The topological polar surface area (TPSA) is 112 Å². The maximum Gasteiger partial charge on any atom is 0.234 e. The number of methoxy groups -OCH3 is 3. The number of nitrogens with zero attached hydrogens (tertiary/aromatic N) is 2. The second-order valence-electron chi connectivity index (χ2n) is 8.53. The molecule has 40 heavy (non-hydrogen) atoms. The number of amides is 1. The van der Waals surface area contributed by atoms with Crippen molar-refractivity contribution in [3.63, 3.8) is 0 Å². The first-order valence-electron chi connectivity index (χ1n) is 12.2. The van der Waals surface area contributed by atoms with E-state index < -0.39 is 0 Å². The average molecular weight is 556 g/mol. The van der Waals surface area contributed by atoms with Crippen molar-refractivity contribution in [3.8, 4) is 57.2 Å². The van der Waals surface area contributed by atoms with Crippen molar-refractivity contribution in [2.75, 3.05) is 39.2 Å². The third kappa shape index (κ3) is 5.46. The van der Waals surface area contributed by atoms with E-state index in [2.05, 4.69) is 11.4 Å². The highest BCUT2D eigenvalue weighted by molar-refractivity contribution is 8.00. The maximum absolute atomic E-state index is 12.9. The number of pyridine rings is 1. The fourth-order valence-electron chi connectivity index (χ4n) is 4.26. The summed E-state index contributed by atoms with van der Waals surface area (Å²) < 4.78 is 27.3. The first-order valence-corrected chi connectivity index (χ1v) is 13.2. The number of carbonyl (C=O) groups is 1. The lowest BCUT2D eigenvalue weighted by molar-refractivity contribution is -0.113. The van der Waals surface area contributed by atoms with Crippen LogP contribution in [0.3, 0.4) is 0 Å². The van der Waals surface area contributed by atoms with E-state index in [1.807, 2.05) is 36.4 Å². The molecule has 202 valence electrons. The molecule has 10 heteroatoms. The molecule has 5 rings (SSSR count). The lowest BCUT2D eigenvalue weighted by Gasteiger charge is -2.16. The molecular weight excluding hydrogens is 530 g/mol. The lowest BCUT2D eigenvalue weighted by Crippen LogP contribution is -2.14. The van der Waals surface area contributed by atoms with Gasteiger partial charge in [0.15, 0.2) is 23.0 Å². The number of anilines is 1. The fourth-order valence-corrected chi connectivity index (χ4v) is 5.06. The number of thioether (sulfide) groups is 1. The predicted octanol–water partition coefficient (Wildman–Crippen LogP) is 5.77. The minimum absolute atomic E-state index is 0.0308. The Labute approximate surface area is 235 Å². The zero-order valence-electron chi connectivity index (χ0n) is 22.0. The van der Waals surface area contributed by atoms with Crippen LogP contribution in [0, 0.1) is 11.3 Å². The van der Waals surface area contributed by atoms with Crippen LogP contribution in [0.4, 0.5) is 5.69 Å². The van der Waals surface area contributed by atoms with Crippen LogP contribution in [0.2, 0.25) is 0 Å². The summed E-state index contributed by atoms with van der Waals surface area (Å²) in [7, 11) is 4.60. The Kier molecular flexibility index (Phi) is 7.94. The van der Waals surface area contributed by atoms with Crippen LogP contribution in [0.1, 0.15) is 5.56 Å². The van der Waals surface area contributed by atoms with Gasteiger partial charge in [0, 0.05) is 22.9 Å². The van der Waals surface area contributed by atoms with Gasteiger partial charge in [0.05, 0.1) is 38.3 Å². The number of nitriles is 1. The molecule has 2 heterocycles. The number of benzene rings is 3. The summed E-state index contributed by atoms with van der Waals surface area (Å²) in [5, 5.41) is 13.5. The summed E-state index contributed by atoms with van der Waals surface area (Å²) in [5.74, 6) is 2.33. The molecule has 0 bridgehead atoms. The van der Waals surface area contributed by atoms with Gasteiger partial charge in [0.25, 0.3) is 0 Å². The molecule has 0 fully saturated rings. The number of hydrogen-bond acceptors (Lipinski definition) is 9. The lowest BCUT2D eigenvalue weighted by atomic mass is 9.98. The van der Waals surface area contributed by atoms with Crippen LogP contribution in [-0.2, 0) is 4.79 Å². The normalized spacial score (nSPS) is 11.4. The summed E-state index contributed by atoms with van der Waals surface area (Å²) in [6.07, 6.45) is 0. The molecule has 0 unspecified atom stereocenters. The molecule has 0 atom stereocenters. The first kappa shape index (κ1) is 26.7. The van der Waals surface area contributed by atoms with Crippen molar-refractivity contribution < 1.29 is 28.5 Å². The van der Waals surface area contributed by atoms with E-state index in [4.69, 9.17) is 28.7 Å². The maximum atomic E-state index is 12.9. The SMILES string of the molecule is COc1cc(-c2cc(-c3ccccc3)nc(SCC(=O)Nc3ccc4c(c3)OCO4)c2C#N)cc(OC)c1OC. The molecule has 0 radical (unpaired) electrons. The van der Waals surface area contributed by atoms with Gasteiger partial charge in [-0.25, -0.2) is 4.98 Å². The highest BCUT2D eigenvalue weighted by atomic mass is 32.2. The van der Waals surface area contributed by atoms with Crippen LogP contribution >= 0.6 is 11.8 Å². The third-order valence-electron chi connectivity index (χ3n) is 6.14. The summed E-state index contributed by atoms with van der Waals surface area (Å²) >= 11 is 1.18. The Morgan fingerprint density at radius 2 is 1.68 bits per heavy atom. The first-order chi connectivity index (χ1) is 19.5. The second kappa shape index (κ2) is 11.9. The van der Waals surface area contributed by atoms with Gasteiger partial charge < -0.3 is 29.0 Å². The fraction of sp³-hybridized carbons (Fsp3) is 0.167. The van der Waals surface area contributed by atoms with Crippen LogP contribution in [0.25, 0.3) is 22.4 Å². The van der Waals surface area contributed by atoms with Gasteiger partial charge in [0.1, 0.15) is 11.1 Å². The molecule has 0 aliphatic carbocycles. The highest BCUT2D eigenvalue weighted by Crippen LogP contribution is 2.43. The largest absolute Gasteiger partial charge is 0.493 e. The third-order valence-corrected chi connectivity index (χ3v) is 7.12. The molecule has 3 aromatic carbocycles. The van der Waals surface area contributed by atoms with Crippen molar-refractivity contribution in [2.24, 2.45) is 0 Å². The number of carbonyl (C=O) groups excluding carboxylic acids is 1. The number of rotatable bonds is 9. The summed E-state index contributed by atoms with van der Waals surface area (Å²) in [4.78, 5) is 17.7. The minimum Gasteiger partial charge on any atom is -0.493 e. The molecule has 1 aliphatic heterocycles. The Bertz CT molecular complexity index is 1580. The zero-order chi connectivity index (χ0) is 28.1. The van der Waals surface area contributed by atoms with Gasteiger partial charge in [-0.3, -0.25) is 4.79 Å². The van der Waals surface area contributed by atoms with E-state index in [0.29, 0.717) is 61.8 Å². The summed E-state index contributed by atoms with van der Waals surface area (Å²) in [5.41, 5.74) is 3.73. The molecule has 1 aromatic heterocycles. The molecule has 4 aromatic rings. The molecule has 9 nitrogen and oxygen atoms in total. The monoisotopic (exact) mass is 555 g/mol. The molecule has 0 spiro atoms. The van der Waals surface area contributed by atoms with Crippen LogP contribution < -0.4 is 29.0 Å². The van der Waals surface area contributed by atoms with E-state index >= 15 is 0 Å². The molecular formula is C30H25N3O6S. The zero-order valence-corrected chi connectivity index (χ0v) is 22.8. The van der Waals surface area contributed by atoms with Crippen LogP contribution in [-0.4, -0.2) is 44.8 Å². The Hall–Kier alpha value is -4.88. The van der Waals surface area contributed by atoms with Crippen LogP contribution in [0.5, 0.6) is 28.7 Å². The van der Waals surface area contributed by atoms with E-state index in [1.165, 1.54) is 33.1 Å². The van der Waals surface area contributed by atoms with Crippen LogP contribution in [0.15, 0.2) is 71.8 Å². The molecule has 0 saturated heterocycles. The van der Waals surface area contributed by atoms with E-state index in [1.54, 1.807) is 30.3 Å². The van der Waals surface area contributed by atoms with Crippen molar-refractivity contribution in [2.45, 2.75) is 5.03 Å². The van der Waals surface area contributed by atoms with Gasteiger partial charge >= 0.3 is 0 Å². The number of ether oxygens (including phenoxy) is 5. The highest BCUT2D eigenvalue weighted by Gasteiger charge is 2.21. The predicted molar refractivity (Wildman–Crippen MR) is 151 cm³/mol. The minimum atomic E-state index is -0.256. The van der Waals surface area contributed by atoms with Gasteiger partial charge in [-0.2, -0.15) is 5.26 Å². The van der Waals surface area contributed by atoms with Crippen molar-refractivity contribution in [1.82, 2.24) is 4.98 Å². The van der Waals surface area contributed by atoms with Gasteiger partial charge in [-0.05, 0) is 35.9 Å². The number of nitrogens with one attached hydrogen (secondary N) is 1.